The molecular formula is C12H24N2O2. The van der Waals surface area contributed by atoms with Crippen LogP contribution in [0.2, 0.25) is 0 Å². The number of amides is 1. The lowest BCUT2D eigenvalue weighted by Gasteiger charge is -2.38. The minimum atomic E-state index is -0.424. The van der Waals surface area contributed by atoms with Crippen LogP contribution in [0.3, 0.4) is 0 Å². The number of hydrogen-bond donors (Lipinski definition) is 1. The molecular weight excluding hydrogens is 204 g/mol. The zero-order chi connectivity index (χ0) is 12.3. The van der Waals surface area contributed by atoms with Crippen molar-refractivity contribution < 1.29 is 9.53 Å². The van der Waals surface area contributed by atoms with E-state index < -0.39 is 5.60 Å². The van der Waals surface area contributed by atoms with Gasteiger partial charge in [0.2, 0.25) is 0 Å². The molecule has 1 rings (SSSR count). The molecule has 1 heterocycles. The first-order chi connectivity index (χ1) is 7.33. The lowest BCUT2D eigenvalue weighted by atomic mass is 9.94. The molecule has 0 aromatic rings. The second kappa shape index (κ2) is 5.04. The summed E-state index contributed by atoms with van der Waals surface area (Å²) in [5.74, 6) is 0.420. The van der Waals surface area contributed by atoms with Gasteiger partial charge in [-0.2, -0.15) is 0 Å². The van der Waals surface area contributed by atoms with Crippen molar-refractivity contribution in [1.82, 2.24) is 4.90 Å². The standard InChI is InChI=1S/C12H24N2O2/c1-9-5-6-10(7-13)8-14(9)11(15)16-12(2,3)4/h9-10H,5-8,13H2,1-4H3/t9-,10+/m1/s1. The van der Waals surface area contributed by atoms with Gasteiger partial charge in [-0.1, -0.05) is 0 Å². The summed E-state index contributed by atoms with van der Waals surface area (Å²) in [5, 5.41) is 0. The third-order valence-electron chi connectivity index (χ3n) is 2.94. The summed E-state index contributed by atoms with van der Waals surface area (Å²) in [7, 11) is 0. The fourth-order valence-electron chi connectivity index (χ4n) is 1.95. The van der Waals surface area contributed by atoms with E-state index in [0.717, 1.165) is 19.4 Å². The number of likely N-dealkylation sites (tertiary alicyclic amines) is 1. The summed E-state index contributed by atoms with van der Waals surface area (Å²) in [5.41, 5.74) is 5.24. The molecule has 16 heavy (non-hydrogen) atoms. The zero-order valence-electron chi connectivity index (χ0n) is 10.8. The third kappa shape index (κ3) is 3.67. The normalized spacial score (nSPS) is 26.7. The van der Waals surface area contributed by atoms with Crippen LogP contribution in [0.5, 0.6) is 0 Å². The van der Waals surface area contributed by atoms with Crippen molar-refractivity contribution in [3.8, 4) is 0 Å². The highest BCUT2D eigenvalue weighted by atomic mass is 16.6. The van der Waals surface area contributed by atoms with Crippen molar-refractivity contribution in [3.63, 3.8) is 0 Å². The van der Waals surface area contributed by atoms with Crippen LogP contribution >= 0.6 is 0 Å². The molecule has 2 N–H and O–H groups in total. The molecule has 94 valence electrons. The Bertz CT molecular complexity index is 248. The van der Waals surface area contributed by atoms with Gasteiger partial charge in [-0.15, -0.1) is 0 Å². The molecule has 2 atom stereocenters. The molecule has 0 radical (unpaired) electrons. The lowest BCUT2D eigenvalue weighted by molar-refractivity contribution is 0.00600. The van der Waals surface area contributed by atoms with Crippen LogP contribution in [-0.2, 0) is 4.74 Å². The maximum Gasteiger partial charge on any atom is 0.410 e. The van der Waals surface area contributed by atoms with Gasteiger partial charge in [-0.3, -0.25) is 0 Å². The van der Waals surface area contributed by atoms with Crippen LogP contribution in [-0.4, -0.2) is 35.7 Å². The van der Waals surface area contributed by atoms with Gasteiger partial charge in [0.05, 0.1) is 0 Å². The molecule has 0 unspecified atom stereocenters. The molecule has 1 saturated heterocycles. The van der Waals surface area contributed by atoms with E-state index in [0.29, 0.717) is 12.5 Å². The van der Waals surface area contributed by atoms with Gasteiger partial charge in [-0.05, 0) is 53.0 Å². The molecule has 0 saturated carbocycles. The van der Waals surface area contributed by atoms with E-state index in [9.17, 15) is 4.79 Å². The van der Waals surface area contributed by atoms with E-state index in [-0.39, 0.29) is 12.1 Å². The van der Waals surface area contributed by atoms with Crippen molar-refractivity contribution in [2.45, 2.75) is 52.2 Å². The fourth-order valence-corrected chi connectivity index (χ4v) is 1.95. The SMILES string of the molecule is C[C@@H]1CC[C@@H](CN)CN1C(=O)OC(C)(C)C. The van der Waals surface area contributed by atoms with Gasteiger partial charge in [0.15, 0.2) is 0 Å². The highest BCUT2D eigenvalue weighted by molar-refractivity contribution is 5.68. The van der Waals surface area contributed by atoms with Crippen molar-refractivity contribution in [1.29, 1.82) is 0 Å². The van der Waals surface area contributed by atoms with Crippen LogP contribution in [0.25, 0.3) is 0 Å². The summed E-state index contributed by atoms with van der Waals surface area (Å²) >= 11 is 0. The van der Waals surface area contributed by atoms with E-state index in [1.165, 1.54) is 0 Å². The average molecular weight is 228 g/mol. The summed E-state index contributed by atoms with van der Waals surface area (Å²) in [6.07, 6.45) is 1.91. The molecule has 1 aliphatic heterocycles. The number of rotatable bonds is 1. The maximum atomic E-state index is 11.9. The molecule has 0 aliphatic carbocycles. The lowest BCUT2D eigenvalue weighted by Crippen LogP contribution is -2.48. The summed E-state index contributed by atoms with van der Waals surface area (Å²) in [6, 6.07) is 0.262. The van der Waals surface area contributed by atoms with Gasteiger partial charge >= 0.3 is 6.09 Å². The van der Waals surface area contributed by atoms with Crippen molar-refractivity contribution in [3.05, 3.63) is 0 Å². The number of carbonyl (C=O) groups is 1. The van der Waals surface area contributed by atoms with Gasteiger partial charge in [0, 0.05) is 12.6 Å². The summed E-state index contributed by atoms with van der Waals surface area (Å²) in [4.78, 5) is 13.8. The van der Waals surface area contributed by atoms with E-state index >= 15 is 0 Å². The number of hydrogen-bond acceptors (Lipinski definition) is 3. The molecule has 0 bridgehead atoms. The smallest absolute Gasteiger partial charge is 0.410 e. The minimum Gasteiger partial charge on any atom is -0.444 e. The Labute approximate surface area is 98.1 Å². The zero-order valence-corrected chi connectivity index (χ0v) is 10.8. The van der Waals surface area contributed by atoms with Crippen molar-refractivity contribution in [2.75, 3.05) is 13.1 Å². The first-order valence-corrected chi connectivity index (χ1v) is 6.03. The molecule has 0 aromatic heterocycles. The van der Waals surface area contributed by atoms with E-state index in [2.05, 4.69) is 6.92 Å². The highest BCUT2D eigenvalue weighted by Crippen LogP contribution is 2.23. The van der Waals surface area contributed by atoms with Crippen molar-refractivity contribution in [2.24, 2.45) is 11.7 Å². The second-order valence-electron chi connectivity index (χ2n) is 5.66. The number of carbonyl (C=O) groups excluding carboxylic acids is 1. The Morgan fingerprint density at radius 2 is 2.06 bits per heavy atom. The third-order valence-corrected chi connectivity index (χ3v) is 2.94. The van der Waals surface area contributed by atoms with Crippen LogP contribution in [0.4, 0.5) is 4.79 Å². The number of piperidine rings is 1. The fraction of sp³-hybridized carbons (Fsp3) is 0.917. The largest absolute Gasteiger partial charge is 0.444 e. The van der Waals surface area contributed by atoms with E-state index in [1.807, 2.05) is 25.7 Å². The van der Waals surface area contributed by atoms with Crippen LogP contribution in [0, 0.1) is 5.92 Å². The predicted octanol–water partition coefficient (Wildman–Crippen LogP) is 1.98. The molecule has 1 fully saturated rings. The Balaban J connectivity index is 2.59. The van der Waals surface area contributed by atoms with E-state index in [1.54, 1.807) is 0 Å². The Hall–Kier alpha value is -0.770. The quantitative estimate of drug-likeness (QED) is 0.746. The molecule has 4 nitrogen and oxygen atoms in total. The van der Waals surface area contributed by atoms with Gasteiger partial charge in [0.25, 0.3) is 0 Å². The van der Waals surface area contributed by atoms with Crippen LogP contribution in [0.1, 0.15) is 40.5 Å². The average Bonchev–Trinajstić information content (AvgIpc) is 2.15. The van der Waals surface area contributed by atoms with Crippen LogP contribution < -0.4 is 5.73 Å². The minimum absolute atomic E-state index is 0.210. The highest BCUT2D eigenvalue weighted by Gasteiger charge is 2.31. The van der Waals surface area contributed by atoms with Crippen molar-refractivity contribution >= 4 is 6.09 Å². The Kier molecular flexibility index (Phi) is 4.19. The maximum absolute atomic E-state index is 11.9. The molecule has 1 aliphatic rings. The summed E-state index contributed by atoms with van der Waals surface area (Å²) < 4.78 is 5.39. The first kappa shape index (κ1) is 13.3. The molecule has 0 spiro atoms. The Morgan fingerprint density at radius 3 is 2.56 bits per heavy atom. The van der Waals surface area contributed by atoms with E-state index in [4.69, 9.17) is 10.5 Å². The van der Waals surface area contributed by atoms with Gasteiger partial charge < -0.3 is 15.4 Å². The second-order valence-corrected chi connectivity index (χ2v) is 5.66. The monoisotopic (exact) mass is 228 g/mol. The molecule has 0 aromatic carbocycles. The number of ether oxygens (including phenoxy) is 1. The predicted molar refractivity (Wildman–Crippen MR) is 64.2 cm³/mol. The number of nitrogens with zero attached hydrogens (tertiary/aromatic N) is 1. The van der Waals surface area contributed by atoms with Gasteiger partial charge in [-0.25, -0.2) is 4.79 Å². The van der Waals surface area contributed by atoms with Crippen LogP contribution in [0.15, 0.2) is 0 Å². The molecule has 4 heteroatoms. The van der Waals surface area contributed by atoms with Gasteiger partial charge in [0.1, 0.15) is 5.60 Å². The Morgan fingerprint density at radius 1 is 1.44 bits per heavy atom. The summed E-state index contributed by atoms with van der Waals surface area (Å²) in [6.45, 7) is 9.11. The topological polar surface area (TPSA) is 55.6 Å². The molecule has 1 amide bonds. The number of nitrogens with two attached hydrogens (primary N) is 1. The first-order valence-electron chi connectivity index (χ1n) is 6.03.